The van der Waals surface area contributed by atoms with Gasteiger partial charge in [-0.25, -0.2) is 4.98 Å². The predicted octanol–water partition coefficient (Wildman–Crippen LogP) is 2.69. The van der Waals surface area contributed by atoms with Crippen molar-refractivity contribution in [2.45, 2.75) is 20.0 Å². The van der Waals surface area contributed by atoms with Crippen LogP contribution in [0.1, 0.15) is 18.3 Å². The number of aromatic nitrogens is 2. The molecule has 1 N–H and O–H groups in total. The Morgan fingerprint density at radius 1 is 1.41 bits per heavy atom. The van der Waals surface area contributed by atoms with Crippen molar-refractivity contribution in [3.63, 3.8) is 0 Å². The summed E-state index contributed by atoms with van der Waals surface area (Å²) >= 11 is 5.97. The maximum Gasteiger partial charge on any atom is 0.122 e. The third-order valence-corrected chi connectivity index (χ3v) is 2.81. The van der Waals surface area contributed by atoms with Crippen LogP contribution in [0, 0.1) is 0 Å². The van der Waals surface area contributed by atoms with Crippen molar-refractivity contribution in [1.82, 2.24) is 14.9 Å². The molecule has 0 unspecified atom stereocenters. The third kappa shape index (κ3) is 3.32. The average molecular weight is 250 g/mol. The average Bonchev–Trinajstić information content (AvgIpc) is 2.74. The van der Waals surface area contributed by atoms with Crippen LogP contribution in [0.4, 0.5) is 0 Å². The molecule has 3 nitrogen and oxygen atoms in total. The standard InChI is InChI=1S/C13H16ClN3/c1-2-15-9-13-16-6-7-17(13)10-11-4-3-5-12(14)8-11/h3-8,15H,2,9-10H2,1H3. The summed E-state index contributed by atoms with van der Waals surface area (Å²) in [6.07, 6.45) is 3.82. The summed E-state index contributed by atoms with van der Waals surface area (Å²) in [7, 11) is 0. The summed E-state index contributed by atoms with van der Waals surface area (Å²) in [5.41, 5.74) is 1.19. The van der Waals surface area contributed by atoms with E-state index in [1.807, 2.05) is 30.6 Å². The fraction of sp³-hybridized carbons (Fsp3) is 0.308. The van der Waals surface area contributed by atoms with Gasteiger partial charge in [-0.15, -0.1) is 0 Å². The molecule has 0 fully saturated rings. The number of halogens is 1. The lowest BCUT2D eigenvalue weighted by Crippen LogP contribution is -2.16. The first-order valence-corrected chi connectivity index (χ1v) is 6.12. The van der Waals surface area contributed by atoms with Crippen LogP contribution >= 0.6 is 11.6 Å². The highest BCUT2D eigenvalue weighted by Crippen LogP contribution is 2.12. The second kappa shape index (κ2) is 5.84. The molecule has 0 saturated carbocycles. The lowest BCUT2D eigenvalue weighted by Gasteiger charge is -2.08. The Labute approximate surface area is 106 Å². The fourth-order valence-corrected chi connectivity index (χ4v) is 1.93. The first-order valence-electron chi connectivity index (χ1n) is 5.74. The first-order chi connectivity index (χ1) is 8.29. The van der Waals surface area contributed by atoms with Crippen LogP contribution in [0.15, 0.2) is 36.7 Å². The van der Waals surface area contributed by atoms with Crippen molar-refractivity contribution in [3.05, 3.63) is 53.1 Å². The molecule has 1 aromatic heterocycles. The van der Waals surface area contributed by atoms with E-state index in [0.717, 1.165) is 30.5 Å². The van der Waals surface area contributed by atoms with E-state index in [9.17, 15) is 0 Å². The number of hydrogen-bond acceptors (Lipinski definition) is 2. The first kappa shape index (κ1) is 12.1. The number of benzene rings is 1. The molecule has 0 aliphatic carbocycles. The monoisotopic (exact) mass is 249 g/mol. The van der Waals surface area contributed by atoms with E-state index in [1.54, 1.807) is 0 Å². The highest BCUT2D eigenvalue weighted by atomic mass is 35.5. The molecule has 90 valence electrons. The van der Waals surface area contributed by atoms with Crippen molar-refractivity contribution in [1.29, 1.82) is 0 Å². The minimum atomic E-state index is 0.774. The highest BCUT2D eigenvalue weighted by Gasteiger charge is 2.03. The van der Waals surface area contributed by atoms with E-state index in [0.29, 0.717) is 0 Å². The minimum Gasteiger partial charge on any atom is -0.329 e. The van der Waals surface area contributed by atoms with Crippen LogP contribution in [-0.4, -0.2) is 16.1 Å². The zero-order valence-corrected chi connectivity index (χ0v) is 10.6. The van der Waals surface area contributed by atoms with E-state index in [1.165, 1.54) is 5.56 Å². The van der Waals surface area contributed by atoms with Crippen LogP contribution in [0.2, 0.25) is 5.02 Å². The van der Waals surface area contributed by atoms with Crippen LogP contribution in [0.3, 0.4) is 0 Å². The van der Waals surface area contributed by atoms with Crippen molar-refractivity contribution < 1.29 is 0 Å². The molecule has 0 atom stereocenters. The van der Waals surface area contributed by atoms with Gasteiger partial charge < -0.3 is 9.88 Å². The maximum absolute atomic E-state index is 5.97. The molecule has 4 heteroatoms. The van der Waals surface area contributed by atoms with Crippen molar-refractivity contribution in [2.24, 2.45) is 0 Å². The molecular formula is C13H16ClN3. The lowest BCUT2D eigenvalue weighted by molar-refractivity contribution is 0.639. The molecule has 1 heterocycles. The molecule has 0 spiro atoms. The van der Waals surface area contributed by atoms with Gasteiger partial charge in [0.05, 0.1) is 6.54 Å². The summed E-state index contributed by atoms with van der Waals surface area (Å²) in [5, 5.41) is 4.05. The van der Waals surface area contributed by atoms with Crippen LogP contribution < -0.4 is 5.32 Å². The number of nitrogens with zero attached hydrogens (tertiary/aromatic N) is 2. The summed E-state index contributed by atoms with van der Waals surface area (Å²) in [6, 6.07) is 7.92. The normalized spacial score (nSPS) is 10.7. The molecule has 1 aromatic carbocycles. The van der Waals surface area contributed by atoms with Gasteiger partial charge in [0.1, 0.15) is 5.82 Å². The Kier molecular flexibility index (Phi) is 4.18. The van der Waals surface area contributed by atoms with Crippen LogP contribution in [0.5, 0.6) is 0 Å². The number of hydrogen-bond donors (Lipinski definition) is 1. The molecule has 0 saturated heterocycles. The Morgan fingerprint density at radius 2 is 2.29 bits per heavy atom. The number of nitrogens with one attached hydrogen (secondary N) is 1. The Hall–Kier alpha value is -1.32. The van der Waals surface area contributed by atoms with Gasteiger partial charge in [0.2, 0.25) is 0 Å². The van der Waals surface area contributed by atoms with Gasteiger partial charge in [-0.1, -0.05) is 30.7 Å². The van der Waals surface area contributed by atoms with Crippen molar-refractivity contribution in [3.8, 4) is 0 Å². The topological polar surface area (TPSA) is 29.9 Å². The molecule has 0 bridgehead atoms. The summed E-state index contributed by atoms with van der Waals surface area (Å²) in [5.74, 6) is 1.05. The quantitative estimate of drug-likeness (QED) is 0.883. The zero-order chi connectivity index (χ0) is 12.1. The second-order valence-electron chi connectivity index (χ2n) is 3.88. The van der Waals surface area contributed by atoms with E-state index in [4.69, 9.17) is 11.6 Å². The van der Waals surface area contributed by atoms with Crippen LogP contribution in [0.25, 0.3) is 0 Å². The van der Waals surface area contributed by atoms with E-state index in [2.05, 4.69) is 27.9 Å². The van der Waals surface area contributed by atoms with Gasteiger partial charge in [-0.3, -0.25) is 0 Å². The molecular weight excluding hydrogens is 234 g/mol. The molecule has 17 heavy (non-hydrogen) atoms. The summed E-state index contributed by atoms with van der Waals surface area (Å²) < 4.78 is 2.13. The fourth-order valence-electron chi connectivity index (χ4n) is 1.72. The van der Waals surface area contributed by atoms with Crippen LogP contribution in [-0.2, 0) is 13.1 Å². The Morgan fingerprint density at radius 3 is 3.06 bits per heavy atom. The smallest absolute Gasteiger partial charge is 0.122 e. The van der Waals surface area contributed by atoms with Gasteiger partial charge in [0.15, 0.2) is 0 Å². The lowest BCUT2D eigenvalue weighted by atomic mass is 10.2. The number of rotatable bonds is 5. The summed E-state index contributed by atoms with van der Waals surface area (Å²) in [4.78, 5) is 4.34. The van der Waals surface area contributed by atoms with Gasteiger partial charge in [0, 0.05) is 24.0 Å². The molecule has 0 amide bonds. The Bertz CT molecular complexity index is 479. The van der Waals surface area contributed by atoms with E-state index in [-0.39, 0.29) is 0 Å². The highest BCUT2D eigenvalue weighted by molar-refractivity contribution is 6.30. The molecule has 0 aliphatic heterocycles. The van der Waals surface area contributed by atoms with Gasteiger partial charge >= 0.3 is 0 Å². The largest absolute Gasteiger partial charge is 0.329 e. The Balaban J connectivity index is 2.10. The van der Waals surface area contributed by atoms with Gasteiger partial charge in [-0.2, -0.15) is 0 Å². The van der Waals surface area contributed by atoms with E-state index >= 15 is 0 Å². The minimum absolute atomic E-state index is 0.774. The molecule has 0 radical (unpaired) electrons. The summed E-state index contributed by atoms with van der Waals surface area (Å²) in [6.45, 7) is 4.64. The zero-order valence-electron chi connectivity index (χ0n) is 9.86. The predicted molar refractivity (Wildman–Crippen MR) is 70.2 cm³/mol. The number of imidazole rings is 1. The van der Waals surface area contributed by atoms with Crippen molar-refractivity contribution >= 4 is 11.6 Å². The third-order valence-electron chi connectivity index (χ3n) is 2.58. The SMILES string of the molecule is CCNCc1nccn1Cc1cccc(Cl)c1. The van der Waals surface area contributed by atoms with E-state index < -0.39 is 0 Å². The molecule has 2 rings (SSSR count). The van der Waals surface area contributed by atoms with Gasteiger partial charge in [0.25, 0.3) is 0 Å². The molecule has 0 aliphatic rings. The molecule has 2 aromatic rings. The van der Waals surface area contributed by atoms with Gasteiger partial charge in [-0.05, 0) is 24.2 Å². The van der Waals surface area contributed by atoms with Crippen molar-refractivity contribution in [2.75, 3.05) is 6.54 Å². The maximum atomic E-state index is 5.97. The second-order valence-corrected chi connectivity index (χ2v) is 4.32.